The Hall–Kier alpha value is -3.15. The van der Waals surface area contributed by atoms with E-state index in [0.717, 1.165) is 29.7 Å². The smallest absolute Gasteiger partial charge is 0.338 e. The number of benzene rings is 2. The predicted octanol–water partition coefficient (Wildman–Crippen LogP) is 3.48. The van der Waals surface area contributed by atoms with Gasteiger partial charge in [-0.3, -0.25) is 9.59 Å². The van der Waals surface area contributed by atoms with Gasteiger partial charge in [-0.05, 0) is 49.1 Å². The Morgan fingerprint density at radius 1 is 1.18 bits per heavy atom. The fraction of sp³-hybridized carbons (Fsp3) is 0.318. The van der Waals surface area contributed by atoms with Crippen LogP contribution in [0.25, 0.3) is 0 Å². The molecule has 0 aromatic heterocycles. The third-order valence-corrected chi connectivity index (χ3v) is 4.81. The fourth-order valence-corrected chi connectivity index (χ4v) is 3.31. The zero-order valence-corrected chi connectivity index (χ0v) is 16.2. The number of ether oxygens (including phenoxy) is 1. The number of esters is 1. The molecule has 2 amide bonds. The number of aryl methyl sites for hydroxylation is 2. The number of nitrogens with zero attached hydrogens (tertiary/aromatic N) is 1. The summed E-state index contributed by atoms with van der Waals surface area (Å²) in [6, 6.07) is 12.6. The first-order valence-electron chi connectivity index (χ1n) is 9.45. The quantitative estimate of drug-likeness (QED) is 0.779. The fourth-order valence-electron chi connectivity index (χ4n) is 3.31. The first kappa shape index (κ1) is 19.6. The third-order valence-electron chi connectivity index (χ3n) is 4.81. The molecule has 6 nitrogen and oxygen atoms in total. The number of hydrogen-bond acceptors (Lipinski definition) is 4. The minimum Gasteiger partial charge on any atom is -0.452 e. The van der Waals surface area contributed by atoms with Gasteiger partial charge in [-0.25, -0.2) is 4.79 Å². The minimum absolute atomic E-state index is 0.0508. The molecule has 1 fully saturated rings. The van der Waals surface area contributed by atoms with Crippen LogP contribution in [0.4, 0.5) is 11.4 Å². The largest absolute Gasteiger partial charge is 0.452 e. The van der Waals surface area contributed by atoms with Crippen LogP contribution in [0.2, 0.25) is 0 Å². The number of nitrogens with one attached hydrogen (secondary N) is 1. The van der Waals surface area contributed by atoms with E-state index in [1.807, 2.05) is 32.0 Å². The van der Waals surface area contributed by atoms with Crippen LogP contribution in [0.5, 0.6) is 0 Å². The van der Waals surface area contributed by atoms with Crippen LogP contribution in [0.3, 0.4) is 0 Å². The van der Waals surface area contributed by atoms with Crippen molar-refractivity contribution in [2.75, 3.05) is 23.4 Å². The van der Waals surface area contributed by atoms with Crippen LogP contribution in [-0.4, -0.2) is 30.9 Å². The van der Waals surface area contributed by atoms with Crippen LogP contribution in [0, 0.1) is 6.92 Å². The zero-order chi connectivity index (χ0) is 20.1. The van der Waals surface area contributed by atoms with E-state index in [2.05, 4.69) is 5.32 Å². The van der Waals surface area contributed by atoms with Crippen molar-refractivity contribution in [3.05, 3.63) is 59.2 Å². The van der Waals surface area contributed by atoms with E-state index in [-0.39, 0.29) is 18.4 Å². The summed E-state index contributed by atoms with van der Waals surface area (Å²) in [5, 5.41) is 2.83. The lowest BCUT2D eigenvalue weighted by atomic mass is 10.1. The van der Waals surface area contributed by atoms with Crippen molar-refractivity contribution < 1.29 is 19.1 Å². The molecule has 3 rings (SSSR count). The van der Waals surface area contributed by atoms with Gasteiger partial charge in [0.1, 0.15) is 0 Å². The molecule has 1 heterocycles. The molecule has 2 aromatic carbocycles. The summed E-state index contributed by atoms with van der Waals surface area (Å²) >= 11 is 0. The van der Waals surface area contributed by atoms with E-state index >= 15 is 0 Å². The van der Waals surface area contributed by atoms with E-state index in [9.17, 15) is 14.4 Å². The average molecular weight is 380 g/mol. The Labute approximate surface area is 164 Å². The monoisotopic (exact) mass is 380 g/mol. The third kappa shape index (κ3) is 4.39. The SMILES string of the molecule is CCc1cccc(C)c1NC(=O)COC(=O)c1cccc(N2CCCC2=O)c1. The highest BCUT2D eigenvalue weighted by Crippen LogP contribution is 2.23. The van der Waals surface area contributed by atoms with Gasteiger partial charge in [0.05, 0.1) is 5.56 Å². The van der Waals surface area contributed by atoms with Gasteiger partial charge in [-0.1, -0.05) is 31.2 Å². The van der Waals surface area contributed by atoms with Gasteiger partial charge >= 0.3 is 5.97 Å². The number of amides is 2. The molecule has 146 valence electrons. The van der Waals surface area contributed by atoms with E-state index in [1.165, 1.54) is 0 Å². The average Bonchev–Trinajstić information content (AvgIpc) is 3.13. The molecule has 1 aliphatic heterocycles. The maximum absolute atomic E-state index is 12.3. The van der Waals surface area contributed by atoms with Crippen molar-refractivity contribution in [1.82, 2.24) is 0 Å². The van der Waals surface area contributed by atoms with Gasteiger partial charge in [-0.2, -0.15) is 0 Å². The molecule has 0 atom stereocenters. The van der Waals surface area contributed by atoms with Crippen molar-refractivity contribution in [3.63, 3.8) is 0 Å². The minimum atomic E-state index is -0.593. The van der Waals surface area contributed by atoms with E-state index in [1.54, 1.807) is 29.2 Å². The summed E-state index contributed by atoms with van der Waals surface area (Å²) in [7, 11) is 0. The van der Waals surface area contributed by atoms with Gasteiger partial charge in [0.15, 0.2) is 6.61 Å². The molecule has 28 heavy (non-hydrogen) atoms. The molecular formula is C22H24N2O4. The molecule has 0 spiro atoms. The second-order valence-corrected chi connectivity index (χ2v) is 6.79. The van der Waals surface area contributed by atoms with Crippen LogP contribution in [0.15, 0.2) is 42.5 Å². The summed E-state index contributed by atoms with van der Waals surface area (Å²) in [5.74, 6) is -0.928. The van der Waals surface area contributed by atoms with E-state index in [0.29, 0.717) is 24.2 Å². The lowest BCUT2D eigenvalue weighted by Crippen LogP contribution is -2.24. The highest BCUT2D eigenvalue weighted by atomic mass is 16.5. The van der Waals surface area contributed by atoms with Crippen molar-refractivity contribution in [2.45, 2.75) is 33.1 Å². The molecule has 6 heteroatoms. The van der Waals surface area contributed by atoms with Crippen LogP contribution in [0.1, 0.15) is 41.3 Å². The lowest BCUT2D eigenvalue weighted by Gasteiger charge is -2.16. The van der Waals surface area contributed by atoms with Crippen LogP contribution >= 0.6 is 0 Å². The predicted molar refractivity (Wildman–Crippen MR) is 107 cm³/mol. The van der Waals surface area contributed by atoms with Crippen LogP contribution < -0.4 is 10.2 Å². The molecule has 0 aliphatic carbocycles. The first-order chi connectivity index (χ1) is 13.5. The maximum atomic E-state index is 12.3. The summed E-state index contributed by atoms with van der Waals surface area (Å²) < 4.78 is 5.17. The molecule has 1 aliphatic rings. The number of rotatable bonds is 6. The molecule has 0 bridgehead atoms. The molecule has 0 radical (unpaired) electrons. The first-order valence-corrected chi connectivity index (χ1v) is 9.45. The molecule has 1 N–H and O–H groups in total. The molecule has 0 saturated carbocycles. The lowest BCUT2D eigenvalue weighted by molar-refractivity contribution is -0.119. The van der Waals surface area contributed by atoms with Gasteiger partial charge in [-0.15, -0.1) is 0 Å². The van der Waals surface area contributed by atoms with Crippen molar-refractivity contribution >= 4 is 29.2 Å². The summed E-state index contributed by atoms with van der Waals surface area (Å²) in [6.07, 6.45) is 2.12. The Bertz CT molecular complexity index is 907. The van der Waals surface area contributed by atoms with Gasteiger partial charge in [0.2, 0.25) is 5.91 Å². The number of hydrogen-bond donors (Lipinski definition) is 1. The Morgan fingerprint density at radius 3 is 2.68 bits per heavy atom. The second kappa shape index (κ2) is 8.69. The maximum Gasteiger partial charge on any atom is 0.338 e. The Balaban J connectivity index is 1.61. The summed E-state index contributed by atoms with van der Waals surface area (Å²) in [4.78, 5) is 38.1. The standard InChI is InChI=1S/C22H24N2O4/c1-3-16-8-4-7-15(2)21(16)23-19(25)14-28-22(27)17-9-5-10-18(13-17)24-12-6-11-20(24)26/h4-5,7-10,13H,3,6,11-12,14H2,1-2H3,(H,23,25). The number of anilines is 2. The van der Waals surface area contributed by atoms with Crippen LogP contribution in [-0.2, 0) is 20.7 Å². The zero-order valence-electron chi connectivity index (χ0n) is 16.2. The Morgan fingerprint density at radius 2 is 1.96 bits per heavy atom. The summed E-state index contributed by atoms with van der Waals surface area (Å²) in [6.45, 7) is 4.22. The van der Waals surface area contributed by atoms with Crippen molar-refractivity contribution in [2.24, 2.45) is 0 Å². The van der Waals surface area contributed by atoms with E-state index in [4.69, 9.17) is 4.74 Å². The number of para-hydroxylation sites is 1. The second-order valence-electron chi connectivity index (χ2n) is 6.79. The van der Waals surface area contributed by atoms with Crippen molar-refractivity contribution in [1.29, 1.82) is 0 Å². The molecule has 2 aromatic rings. The van der Waals surface area contributed by atoms with Gasteiger partial charge in [0, 0.05) is 24.3 Å². The molecule has 1 saturated heterocycles. The van der Waals surface area contributed by atoms with Gasteiger partial charge < -0.3 is 15.0 Å². The summed E-state index contributed by atoms with van der Waals surface area (Å²) in [5.41, 5.74) is 3.74. The molecule has 0 unspecified atom stereocenters. The highest BCUT2D eigenvalue weighted by Gasteiger charge is 2.22. The normalized spacial score (nSPS) is 13.5. The number of carbonyl (C=O) groups excluding carboxylic acids is 3. The van der Waals surface area contributed by atoms with Crippen molar-refractivity contribution in [3.8, 4) is 0 Å². The highest BCUT2D eigenvalue weighted by molar-refractivity contribution is 5.99. The Kier molecular flexibility index (Phi) is 6.09. The van der Waals surface area contributed by atoms with Gasteiger partial charge in [0.25, 0.3) is 5.91 Å². The number of carbonyl (C=O) groups is 3. The van der Waals surface area contributed by atoms with E-state index < -0.39 is 5.97 Å². The molecular weight excluding hydrogens is 356 g/mol. The topological polar surface area (TPSA) is 75.7 Å².